The van der Waals surface area contributed by atoms with Crippen LogP contribution in [-0.4, -0.2) is 71.9 Å². The number of nitrogens with zero attached hydrogens (tertiary/aromatic N) is 1. The second-order valence-corrected chi connectivity index (χ2v) is 7.99. The molecule has 198 valence electrons. The summed E-state index contributed by atoms with van der Waals surface area (Å²) in [6, 6.07) is 5.22. The largest absolute Gasteiger partial charge is 0.480 e. The quantitative estimate of drug-likeness (QED) is 0.0646. The lowest BCUT2D eigenvalue weighted by Gasteiger charge is -2.21. The lowest BCUT2D eigenvalue weighted by atomic mass is 10.0. The van der Waals surface area contributed by atoms with Crippen LogP contribution >= 0.6 is 0 Å². The molecule has 0 aromatic heterocycles. The third-order valence-electron chi connectivity index (χ3n) is 4.96. The zero-order valence-electron chi connectivity index (χ0n) is 19.8. The fourth-order valence-electron chi connectivity index (χ4n) is 3.07. The number of rotatable bonds is 16. The number of aliphatic imine (C=N–C) groups is 1. The van der Waals surface area contributed by atoms with Crippen molar-refractivity contribution in [3.8, 4) is 0 Å². The van der Waals surface area contributed by atoms with Gasteiger partial charge >= 0.3 is 5.97 Å². The SMILES string of the molecule is NC(=O)CCC(NC(=O)CNC(=O)C(N)CCCN=C(N)N)C(=O)NC(Cc1ccccc1)C(=O)O. The predicted octanol–water partition coefficient (Wildman–Crippen LogP) is -2.95. The summed E-state index contributed by atoms with van der Waals surface area (Å²) in [5.41, 5.74) is 22.0. The number of hydrogen-bond donors (Lipinski definition) is 8. The van der Waals surface area contributed by atoms with Crippen LogP contribution in [0.15, 0.2) is 35.3 Å². The number of nitrogens with two attached hydrogens (primary N) is 4. The molecular formula is C22H34N8O6. The Labute approximate surface area is 208 Å². The van der Waals surface area contributed by atoms with Crippen LogP contribution in [0.2, 0.25) is 0 Å². The number of aliphatic carboxylic acids is 1. The van der Waals surface area contributed by atoms with E-state index in [-0.39, 0.29) is 31.6 Å². The van der Waals surface area contributed by atoms with Crippen LogP contribution in [-0.2, 0) is 30.4 Å². The van der Waals surface area contributed by atoms with E-state index in [1.165, 1.54) is 0 Å². The summed E-state index contributed by atoms with van der Waals surface area (Å²) in [7, 11) is 0. The number of carbonyl (C=O) groups excluding carboxylic acids is 4. The molecular weight excluding hydrogens is 472 g/mol. The van der Waals surface area contributed by atoms with Crippen LogP contribution in [0, 0.1) is 0 Å². The van der Waals surface area contributed by atoms with Gasteiger partial charge in [0.05, 0.1) is 12.6 Å². The molecule has 0 saturated heterocycles. The fraction of sp³-hybridized carbons (Fsp3) is 0.455. The number of benzene rings is 1. The molecule has 0 bridgehead atoms. The second-order valence-electron chi connectivity index (χ2n) is 7.99. The van der Waals surface area contributed by atoms with Gasteiger partial charge in [-0.1, -0.05) is 30.3 Å². The average molecular weight is 507 g/mol. The minimum absolute atomic E-state index is 0.00945. The third-order valence-corrected chi connectivity index (χ3v) is 4.96. The summed E-state index contributed by atoms with van der Waals surface area (Å²) in [6.45, 7) is -0.199. The van der Waals surface area contributed by atoms with E-state index in [0.29, 0.717) is 18.5 Å². The normalized spacial score (nSPS) is 12.9. The van der Waals surface area contributed by atoms with Crippen LogP contribution in [0.4, 0.5) is 0 Å². The number of carboxylic acid groups (broad SMARTS) is 1. The first-order chi connectivity index (χ1) is 17.0. The smallest absolute Gasteiger partial charge is 0.326 e. The molecule has 0 aliphatic heterocycles. The number of nitrogens with one attached hydrogen (secondary N) is 3. The maximum atomic E-state index is 12.8. The Hall–Kier alpha value is -4.20. The summed E-state index contributed by atoms with van der Waals surface area (Å²) in [6.07, 6.45) is 0.327. The number of carboxylic acids is 1. The zero-order chi connectivity index (χ0) is 27.1. The molecule has 14 nitrogen and oxygen atoms in total. The van der Waals surface area contributed by atoms with Gasteiger partial charge in [0, 0.05) is 19.4 Å². The minimum atomic E-state index is -1.27. The van der Waals surface area contributed by atoms with Gasteiger partial charge in [0.2, 0.25) is 23.6 Å². The van der Waals surface area contributed by atoms with Crippen molar-refractivity contribution in [1.29, 1.82) is 0 Å². The summed E-state index contributed by atoms with van der Waals surface area (Å²) < 4.78 is 0. The van der Waals surface area contributed by atoms with Crippen molar-refractivity contribution < 1.29 is 29.1 Å². The molecule has 12 N–H and O–H groups in total. The predicted molar refractivity (Wildman–Crippen MR) is 131 cm³/mol. The Kier molecular flexibility index (Phi) is 13.0. The van der Waals surface area contributed by atoms with Gasteiger partial charge in [-0.25, -0.2) is 4.79 Å². The minimum Gasteiger partial charge on any atom is -0.480 e. The number of primary amides is 1. The lowest BCUT2D eigenvalue weighted by molar-refractivity contribution is -0.142. The molecule has 1 aromatic carbocycles. The van der Waals surface area contributed by atoms with Crippen molar-refractivity contribution in [3.63, 3.8) is 0 Å². The molecule has 1 aromatic rings. The highest BCUT2D eigenvalue weighted by Crippen LogP contribution is 2.05. The van der Waals surface area contributed by atoms with E-state index in [1.807, 2.05) is 0 Å². The Balaban J connectivity index is 2.68. The molecule has 0 heterocycles. The molecule has 0 aliphatic rings. The van der Waals surface area contributed by atoms with E-state index in [2.05, 4.69) is 20.9 Å². The van der Waals surface area contributed by atoms with Gasteiger partial charge in [0.15, 0.2) is 5.96 Å². The van der Waals surface area contributed by atoms with Crippen LogP contribution < -0.4 is 38.9 Å². The molecule has 0 saturated carbocycles. The summed E-state index contributed by atoms with van der Waals surface area (Å²) in [4.78, 5) is 63.9. The Morgan fingerprint density at radius 3 is 2.17 bits per heavy atom. The average Bonchev–Trinajstić information content (AvgIpc) is 2.82. The summed E-state index contributed by atoms with van der Waals surface area (Å²) in [5, 5.41) is 16.6. The number of carbonyl (C=O) groups is 5. The van der Waals surface area contributed by atoms with Crippen molar-refractivity contribution in [2.45, 2.75) is 50.2 Å². The van der Waals surface area contributed by atoms with Gasteiger partial charge in [-0.15, -0.1) is 0 Å². The summed E-state index contributed by atoms with van der Waals surface area (Å²) in [5.74, 6) is -4.20. The van der Waals surface area contributed by atoms with Crippen molar-refractivity contribution in [2.75, 3.05) is 13.1 Å². The molecule has 3 unspecified atom stereocenters. The zero-order valence-corrected chi connectivity index (χ0v) is 19.8. The molecule has 4 amide bonds. The van der Waals surface area contributed by atoms with Gasteiger partial charge in [0.1, 0.15) is 12.1 Å². The standard InChI is InChI=1S/C22H34N8O6/c23-14(7-4-10-27-22(25)26)19(33)28-12-18(32)29-15(8-9-17(24)31)20(34)30-16(21(35)36)11-13-5-2-1-3-6-13/h1-3,5-6,14-16H,4,7-12,23H2,(H2,24,31)(H,28,33)(H,29,32)(H,30,34)(H,35,36)(H4,25,26,27). The van der Waals surface area contributed by atoms with Gasteiger partial charge in [-0.2, -0.15) is 0 Å². The van der Waals surface area contributed by atoms with Gasteiger partial charge in [-0.3, -0.25) is 24.2 Å². The third kappa shape index (κ3) is 12.3. The lowest BCUT2D eigenvalue weighted by Crippen LogP contribution is -2.54. The number of guanidine groups is 1. The van der Waals surface area contributed by atoms with E-state index in [0.717, 1.165) is 0 Å². The topological polar surface area (TPSA) is 258 Å². The molecule has 0 radical (unpaired) electrons. The molecule has 0 spiro atoms. The summed E-state index contributed by atoms with van der Waals surface area (Å²) >= 11 is 0. The highest BCUT2D eigenvalue weighted by molar-refractivity contribution is 5.92. The van der Waals surface area contributed by atoms with Crippen LogP contribution in [0.3, 0.4) is 0 Å². The van der Waals surface area contributed by atoms with Crippen molar-refractivity contribution >= 4 is 35.6 Å². The van der Waals surface area contributed by atoms with E-state index < -0.39 is 54.3 Å². The van der Waals surface area contributed by atoms with Gasteiger partial charge in [0.25, 0.3) is 0 Å². The maximum absolute atomic E-state index is 12.8. The van der Waals surface area contributed by atoms with Gasteiger partial charge < -0.3 is 44.0 Å². The number of amides is 4. The Morgan fingerprint density at radius 1 is 0.917 bits per heavy atom. The fourth-order valence-corrected chi connectivity index (χ4v) is 3.07. The van der Waals surface area contributed by atoms with Crippen molar-refractivity contribution in [3.05, 3.63) is 35.9 Å². The molecule has 0 fully saturated rings. The Bertz CT molecular complexity index is 936. The van der Waals surface area contributed by atoms with Crippen LogP contribution in [0.25, 0.3) is 0 Å². The number of hydrogen-bond acceptors (Lipinski definition) is 7. The molecule has 1 rings (SSSR count). The monoisotopic (exact) mass is 506 g/mol. The van der Waals surface area contributed by atoms with Crippen molar-refractivity contribution in [2.24, 2.45) is 27.9 Å². The first kappa shape index (κ1) is 29.8. The molecule has 3 atom stereocenters. The molecule has 0 aliphatic carbocycles. The van der Waals surface area contributed by atoms with Crippen molar-refractivity contribution in [1.82, 2.24) is 16.0 Å². The second kappa shape index (κ2) is 15.7. The highest BCUT2D eigenvalue weighted by Gasteiger charge is 2.27. The van der Waals surface area contributed by atoms with E-state index in [4.69, 9.17) is 22.9 Å². The maximum Gasteiger partial charge on any atom is 0.326 e. The van der Waals surface area contributed by atoms with Crippen LogP contribution in [0.5, 0.6) is 0 Å². The van der Waals surface area contributed by atoms with E-state index in [9.17, 15) is 29.1 Å². The highest BCUT2D eigenvalue weighted by atomic mass is 16.4. The Morgan fingerprint density at radius 2 is 1.58 bits per heavy atom. The van der Waals surface area contributed by atoms with Crippen LogP contribution in [0.1, 0.15) is 31.2 Å². The van der Waals surface area contributed by atoms with E-state index >= 15 is 0 Å². The first-order valence-corrected chi connectivity index (χ1v) is 11.2. The van der Waals surface area contributed by atoms with Gasteiger partial charge in [-0.05, 0) is 24.8 Å². The molecule has 36 heavy (non-hydrogen) atoms. The molecule has 14 heteroatoms. The first-order valence-electron chi connectivity index (χ1n) is 11.2. The van der Waals surface area contributed by atoms with E-state index in [1.54, 1.807) is 30.3 Å².